The van der Waals surface area contributed by atoms with Gasteiger partial charge in [-0.05, 0) is 125 Å². The Morgan fingerprint density at radius 2 is 0.465 bits per heavy atom. The average molecular weight is 1270 g/mol. The number of aliphatic carboxylic acids is 2. The third-order valence-electron chi connectivity index (χ3n) is 13.4. The molecule has 0 aliphatic rings. The zero-order chi connectivity index (χ0) is 52.9. The van der Waals surface area contributed by atoms with Crippen LogP contribution in [0.15, 0.2) is 0 Å². The van der Waals surface area contributed by atoms with Crippen molar-refractivity contribution in [3.8, 4) is 0 Å². The van der Waals surface area contributed by atoms with E-state index in [9.17, 15) is 9.59 Å². The van der Waals surface area contributed by atoms with E-state index < -0.39 is 11.9 Å². The van der Waals surface area contributed by atoms with Crippen LogP contribution in [0.5, 0.6) is 0 Å². The van der Waals surface area contributed by atoms with Crippen LogP contribution in [0.25, 0.3) is 0 Å². The van der Waals surface area contributed by atoms with Crippen LogP contribution in [-0.2, 0) is 32.0 Å². The number of carboxylic acids is 2. The Kier molecular flexibility index (Phi) is 78.6. The predicted octanol–water partition coefficient (Wildman–Crippen LogP) is 19.4. The van der Waals surface area contributed by atoms with Gasteiger partial charge in [0.2, 0.25) is 0 Å². The van der Waals surface area contributed by atoms with Crippen LogP contribution in [0.2, 0.25) is 0 Å². The molecule has 0 aromatic carbocycles. The average Bonchev–Trinajstić information content (AvgIpc) is 3.33. The second-order valence-electron chi connectivity index (χ2n) is 21.8. The zero-order valence-corrected chi connectivity index (χ0v) is 54.9. The summed E-state index contributed by atoms with van der Waals surface area (Å²) >= 11 is 7.82. The molecular weight excluding hydrogens is 1140 g/mol. The Balaban J connectivity index is -0.000000274. The molecule has 0 aromatic rings. The Bertz CT molecular complexity index is 922. The van der Waals surface area contributed by atoms with E-state index in [1.165, 1.54) is 276 Å². The number of hydrogen-bond acceptors (Lipinski definition) is 6. The topological polar surface area (TPSA) is 74.6 Å². The SMILES string of the molecule is CCCC[N+](C)(C)CCCCCCCCCCCSC.CCCC[N+](C)(C)CCCCCCCCCCCSC.CSCCCCCCCCCCC(=O)O.CSCCCCCCCCCCC(=O)O.[Au]. The number of quaternary nitrogens is 2. The number of carboxylic acid groups (broad SMARTS) is 2. The molecule has 0 heterocycles. The van der Waals surface area contributed by atoms with Crippen LogP contribution in [0.3, 0.4) is 0 Å². The van der Waals surface area contributed by atoms with Crippen molar-refractivity contribution in [2.24, 2.45) is 0 Å². The van der Waals surface area contributed by atoms with Gasteiger partial charge in [0.1, 0.15) is 0 Å². The molecule has 0 unspecified atom stereocenters. The second-order valence-corrected chi connectivity index (χ2v) is 25.7. The van der Waals surface area contributed by atoms with E-state index in [1.54, 1.807) is 0 Å². The van der Waals surface area contributed by atoms with Crippen LogP contribution in [0.1, 0.15) is 271 Å². The summed E-state index contributed by atoms with van der Waals surface area (Å²) in [5.74, 6) is 3.97. The first kappa shape index (κ1) is 80.9. The van der Waals surface area contributed by atoms with Gasteiger partial charge >= 0.3 is 11.9 Å². The summed E-state index contributed by atoms with van der Waals surface area (Å²) < 4.78 is 2.45. The third-order valence-corrected chi connectivity index (χ3v) is 16.2. The van der Waals surface area contributed by atoms with Gasteiger partial charge in [0.05, 0.1) is 54.4 Å². The molecule has 1 radical (unpaired) electrons. The molecular formula is C60H128AuN2O4S4+2. The molecule has 71 heavy (non-hydrogen) atoms. The van der Waals surface area contributed by atoms with Crippen LogP contribution in [0.4, 0.5) is 0 Å². The minimum Gasteiger partial charge on any atom is -0.481 e. The summed E-state index contributed by atoms with van der Waals surface area (Å²) in [6.07, 6.45) is 60.5. The summed E-state index contributed by atoms with van der Waals surface area (Å²) in [7, 11) is 9.57. The van der Waals surface area contributed by atoms with E-state index >= 15 is 0 Å². The molecule has 0 rings (SSSR count). The molecule has 0 bridgehead atoms. The van der Waals surface area contributed by atoms with Crippen molar-refractivity contribution in [2.45, 2.75) is 271 Å². The quantitative estimate of drug-likeness (QED) is 0.0355. The second kappa shape index (κ2) is 69.0. The van der Waals surface area contributed by atoms with Gasteiger partial charge in [0.25, 0.3) is 0 Å². The van der Waals surface area contributed by atoms with E-state index in [0.29, 0.717) is 12.8 Å². The zero-order valence-electron chi connectivity index (χ0n) is 49.5. The molecule has 0 aromatic heterocycles. The largest absolute Gasteiger partial charge is 0.481 e. The van der Waals surface area contributed by atoms with E-state index in [-0.39, 0.29) is 22.4 Å². The fourth-order valence-corrected chi connectivity index (χ4v) is 10.6. The molecule has 11 heteroatoms. The Morgan fingerprint density at radius 3 is 0.648 bits per heavy atom. The summed E-state index contributed by atoms with van der Waals surface area (Å²) in [4.78, 5) is 20.5. The summed E-state index contributed by atoms with van der Waals surface area (Å²) in [5, 5.41) is 16.9. The van der Waals surface area contributed by atoms with Gasteiger partial charge in [-0.3, -0.25) is 9.59 Å². The number of nitrogens with zero attached hydrogens (tertiary/aromatic N) is 2. The van der Waals surface area contributed by atoms with Gasteiger partial charge < -0.3 is 19.2 Å². The van der Waals surface area contributed by atoms with Crippen molar-refractivity contribution in [3.05, 3.63) is 0 Å². The Labute approximate surface area is 479 Å². The van der Waals surface area contributed by atoms with Crippen LogP contribution in [-0.4, -0.2) is 134 Å². The number of unbranched alkanes of at least 4 members (excludes halogenated alkanes) is 32. The molecule has 0 saturated heterocycles. The van der Waals surface area contributed by atoms with Gasteiger partial charge in [-0.25, -0.2) is 0 Å². The molecule has 0 amide bonds. The van der Waals surface area contributed by atoms with Crippen LogP contribution >= 0.6 is 47.0 Å². The molecule has 0 aliphatic heterocycles. The fourth-order valence-electron chi connectivity index (χ4n) is 8.61. The van der Waals surface area contributed by atoms with Crippen molar-refractivity contribution in [1.82, 2.24) is 0 Å². The molecule has 6 nitrogen and oxygen atoms in total. The summed E-state index contributed by atoms with van der Waals surface area (Å²) in [5.41, 5.74) is 0. The molecule has 0 aliphatic carbocycles. The van der Waals surface area contributed by atoms with E-state index in [2.05, 4.69) is 67.1 Å². The smallest absolute Gasteiger partial charge is 0.303 e. The van der Waals surface area contributed by atoms with Crippen molar-refractivity contribution >= 4 is 59.0 Å². The van der Waals surface area contributed by atoms with Gasteiger partial charge in [-0.1, -0.05) is 181 Å². The first-order valence-corrected chi connectivity index (χ1v) is 35.4. The van der Waals surface area contributed by atoms with E-state index in [4.69, 9.17) is 10.2 Å². The maximum Gasteiger partial charge on any atom is 0.303 e. The number of rotatable bonds is 52. The first-order valence-electron chi connectivity index (χ1n) is 29.8. The minimum absolute atomic E-state index is 0. The van der Waals surface area contributed by atoms with Crippen molar-refractivity contribution < 1.29 is 51.1 Å². The molecule has 2 N–H and O–H groups in total. The third kappa shape index (κ3) is 85.2. The summed E-state index contributed by atoms with van der Waals surface area (Å²) in [6.45, 7) is 10.0. The predicted molar refractivity (Wildman–Crippen MR) is 329 cm³/mol. The van der Waals surface area contributed by atoms with Gasteiger partial charge in [0, 0.05) is 35.2 Å². The molecule has 0 fully saturated rings. The Hall–Kier alpha value is 1.00. The monoisotopic (exact) mass is 1270 g/mol. The van der Waals surface area contributed by atoms with E-state index in [1.807, 2.05) is 47.0 Å². The van der Waals surface area contributed by atoms with Gasteiger partial charge in [0.15, 0.2) is 0 Å². The van der Waals surface area contributed by atoms with Gasteiger partial charge in [-0.2, -0.15) is 47.0 Å². The van der Waals surface area contributed by atoms with Crippen molar-refractivity contribution in [3.63, 3.8) is 0 Å². The maximum atomic E-state index is 10.2. The van der Waals surface area contributed by atoms with Crippen molar-refractivity contribution in [1.29, 1.82) is 0 Å². The van der Waals surface area contributed by atoms with Gasteiger partial charge in [-0.15, -0.1) is 0 Å². The maximum absolute atomic E-state index is 10.2. The summed E-state index contributed by atoms with van der Waals surface area (Å²) in [6, 6.07) is 0. The fraction of sp³-hybridized carbons (Fsp3) is 0.967. The molecule has 0 spiro atoms. The number of hydrogen-bond donors (Lipinski definition) is 2. The number of carbonyl (C=O) groups is 2. The van der Waals surface area contributed by atoms with Crippen LogP contribution in [0, 0.1) is 0 Å². The molecule has 0 saturated carbocycles. The standard InChI is InChI=1S/2C18H40NS.2C12H24O2S.Au/c2*1-5-6-16-19(2,3)17-14-12-10-8-7-9-11-13-15-18-20-4;2*1-15-11-9-7-5-3-2-4-6-8-10-12(13)14;/h2*5-18H2,1-4H3;2*2-11H2,1H3,(H,13,14);/q2*+1;;;. The van der Waals surface area contributed by atoms with E-state index in [0.717, 1.165) is 25.7 Å². The minimum atomic E-state index is -0.660. The number of thioether (sulfide) groups is 4. The molecule has 0 atom stereocenters. The first-order chi connectivity index (χ1) is 33.8. The van der Waals surface area contributed by atoms with Crippen molar-refractivity contribution in [2.75, 3.05) is 102 Å². The normalized spacial score (nSPS) is 11.2. The van der Waals surface area contributed by atoms with Crippen LogP contribution < -0.4 is 0 Å². The molecule has 435 valence electrons. The Morgan fingerprint density at radius 1 is 0.296 bits per heavy atom.